The molecule has 3 aromatic heterocycles. The Bertz CT molecular complexity index is 1370. The molecule has 1 aliphatic carbocycles. The summed E-state index contributed by atoms with van der Waals surface area (Å²) >= 11 is 0. The van der Waals surface area contributed by atoms with Gasteiger partial charge in [-0.25, -0.2) is 4.79 Å². The Hall–Kier alpha value is -4.46. The Kier molecular flexibility index (Phi) is 5.25. The highest BCUT2D eigenvalue weighted by molar-refractivity contribution is 6.05. The summed E-state index contributed by atoms with van der Waals surface area (Å²) in [6.45, 7) is 0.212. The number of allylic oxidation sites excluding steroid dienone is 1. The number of urea groups is 1. The van der Waals surface area contributed by atoms with E-state index < -0.39 is 6.04 Å². The van der Waals surface area contributed by atoms with Crippen LogP contribution in [0.1, 0.15) is 42.1 Å². The second-order valence-corrected chi connectivity index (χ2v) is 8.60. The maximum Gasteiger partial charge on any atom is 0.323 e. The summed E-state index contributed by atoms with van der Waals surface area (Å²) in [4.78, 5) is 29.0. The number of carbonyl (C=O) groups is 2. The number of nitrogens with one attached hydrogen (secondary N) is 2. The van der Waals surface area contributed by atoms with Crippen molar-refractivity contribution < 1.29 is 22.8 Å². The van der Waals surface area contributed by atoms with E-state index in [4.69, 9.17) is 13.3 Å². The number of hydrogen-bond donors (Lipinski definition) is 2. The van der Waals surface area contributed by atoms with Crippen LogP contribution in [0.15, 0.2) is 104 Å². The Morgan fingerprint density at radius 3 is 2.40 bits per heavy atom. The molecular weight excluding hydrogens is 446 g/mol. The van der Waals surface area contributed by atoms with Crippen molar-refractivity contribution in [1.82, 2.24) is 5.32 Å². The fourth-order valence-electron chi connectivity index (χ4n) is 4.92. The van der Waals surface area contributed by atoms with E-state index in [1.54, 1.807) is 48.0 Å². The maximum atomic E-state index is 13.7. The number of furan rings is 3. The molecule has 0 unspecified atom stereocenters. The monoisotopic (exact) mass is 469 g/mol. The molecule has 6 rings (SSSR count). The number of hydrogen-bond acceptors (Lipinski definition) is 6. The molecule has 1 aliphatic heterocycles. The first-order chi connectivity index (χ1) is 17.2. The molecule has 0 fully saturated rings. The molecule has 0 spiro atoms. The Morgan fingerprint density at radius 1 is 0.914 bits per heavy atom. The summed E-state index contributed by atoms with van der Waals surface area (Å²) in [6, 6.07) is 17.3. The molecule has 0 bridgehead atoms. The van der Waals surface area contributed by atoms with Crippen molar-refractivity contribution in [3.63, 3.8) is 0 Å². The van der Waals surface area contributed by atoms with Gasteiger partial charge in [0, 0.05) is 23.6 Å². The van der Waals surface area contributed by atoms with Crippen LogP contribution in [0.5, 0.6) is 0 Å². The van der Waals surface area contributed by atoms with Crippen LogP contribution in [0, 0.1) is 0 Å². The van der Waals surface area contributed by atoms with Gasteiger partial charge in [-0.3, -0.25) is 9.69 Å². The average molecular weight is 469 g/mol. The van der Waals surface area contributed by atoms with Gasteiger partial charge in [0.25, 0.3) is 0 Å². The predicted molar refractivity (Wildman–Crippen MR) is 128 cm³/mol. The minimum absolute atomic E-state index is 0.0572. The minimum atomic E-state index is -0.738. The Labute approximate surface area is 201 Å². The molecule has 2 N–H and O–H groups in total. The number of rotatable bonds is 4. The molecule has 2 aliphatic rings. The number of para-hydroxylation sites is 2. The second-order valence-electron chi connectivity index (χ2n) is 8.60. The first-order valence-corrected chi connectivity index (χ1v) is 11.5. The fourth-order valence-corrected chi connectivity index (χ4v) is 4.92. The van der Waals surface area contributed by atoms with E-state index in [2.05, 4.69) is 10.6 Å². The van der Waals surface area contributed by atoms with E-state index in [0.29, 0.717) is 29.2 Å². The van der Waals surface area contributed by atoms with Crippen LogP contribution in [0.3, 0.4) is 0 Å². The smallest absolute Gasteiger partial charge is 0.323 e. The van der Waals surface area contributed by atoms with Crippen molar-refractivity contribution >= 4 is 23.2 Å². The molecule has 35 heavy (non-hydrogen) atoms. The summed E-state index contributed by atoms with van der Waals surface area (Å²) in [7, 11) is 0. The van der Waals surface area contributed by atoms with E-state index in [9.17, 15) is 9.59 Å². The molecule has 176 valence electrons. The molecule has 2 atom stereocenters. The van der Waals surface area contributed by atoms with Crippen molar-refractivity contribution in [1.29, 1.82) is 0 Å². The normalized spacial score (nSPS) is 19.5. The first-order valence-electron chi connectivity index (χ1n) is 11.5. The van der Waals surface area contributed by atoms with Gasteiger partial charge in [0.2, 0.25) is 0 Å². The van der Waals surface area contributed by atoms with Crippen molar-refractivity contribution in [2.24, 2.45) is 0 Å². The largest absolute Gasteiger partial charge is 0.469 e. The third-order valence-electron chi connectivity index (χ3n) is 6.46. The van der Waals surface area contributed by atoms with Gasteiger partial charge in [0.15, 0.2) is 5.78 Å². The zero-order valence-corrected chi connectivity index (χ0v) is 18.8. The van der Waals surface area contributed by atoms with Gasteiger partial charge in [0.1, 0.15) is 23.3 Å². The van der Waals surface area contributed by atoms with Gasteiger partial charge in [-0.2, -0.15) is 0 Å². The molecule has 4 heterocycles. The van der Waals surface area contributed by atoms with Crippen molar-refractivity contribution in [2.45, 2.75) is 31.3 Å². The van der Waals surface area contributed by atoms with Crippen molar-refractivity contribution in [3.8, 4) is 0 Å². The van der Waals surface area contributed by atoms with E-state index >= 15 is 0 Å². The molecule has 4 aromatic rings. The molecule has 2 amide bonds. The highest BCUT2D eigenvalue weighted by atomic mass is 16.3. The van der Waals surface area contributed by atoms with E-state index in [1.807, 2.05) is 36.4 Å². The molecule has 1 aromatic carbocycles. The Morgan fingerprint density at radius 2 is 1.66 bits per heavy atom. The average Bonchev–Trinajstić information content (AvgIpc) is 3.65. The van der Waals surface area contributed by atoms with E-state index in [1.165, 1.54) is 0 Å². The summed E-state index contributed by atoms with van der Waals surface area (Å²) < 4.78 is 16.8. The Balaban J connectivity index is 1.46. The topological polar surface area (TPSA) is 101 Å². The summed E-state index contributed by atoms with van der Waals surface area (Å²) in [5.74, 6) is 1.76. The van der Waals surface area contributed by atoms with Crippen LogP contribution in [0.4, 0.5) is 16.2 Å². The van der Waals surface area contributed by atoms with Crippen LogP contribution >= 0.6 is 0 Å². The molecule has 0 radical (unpaired) electrons. The van der Waals surface area contributed by atoms with Crippen molar-refractivity contribution in [2.75, 3.05) is 10.2 Å². The number of anilines is 2. The number of fused-ring (bicyclic) bond motifs is 1. The standard InChI is InChI=1S/C27H23N3O5/c31-22-15-17(23-9-4-12-34-23)14-20-25(22)26(24-10-5-13-35-24)30(21-8-2-1-7-19(21)29-20)27(32)28-16-18-6-3-11-33-18/h1-13,17,26,29H,14-16H2,(H,28,32)/t17-,26-/m1/s1. The van der Waals surface area contributed by atoms with Gasteiger partial charge in [-0.15, -0.1) is 0 Å². The molecule has 8 heteroatoms. The molecule has 8 nitrogen and oxygen atoms in total. The summed E-state index contributed by atoms with van der Waals surface area (Å²) in [6.07, 6.45) is 5.59. The van der Waals surface area contributed by atoms with Crippen LogP contribution in [0.2, 0.25) is 0 Å². The van der Waals surface area contributed by atoms with Crippen molar-refractivity contribution in [3.05, 3.63) is 108 Å². The number of amides is 2. The molecule has 0 saturated heterocycles. The van der Waals surface area contributed by atoms with Gasteiger partial charge < -0.3 is 23.9 Å². The third kappa shape index (κ3) is 3.82. The van der Waals surface area contributed by atoms with Gasteiger partial charge in [0.05, 0.1) is 36.7 Å². The lowest BCUT2D eigenvalue weighted by molar-refractivity contribution is -0.116. The number of Topliss-reactive ketones (excluding diaryl/α,β-unsaturated/α-hetero) is 1. The summed E-state index contributed by atoms with van der Waals surface area (Å²) in [5, 5.41) is 6.40. The van der Waals surface area contributed by atoms with Gasteiger partial charge >= 0.3 is 6.03 Å². The third-order valence-corrected chi connectivity index (χ3v) is 6.46. The highest BCUT2D eigenvalue weighted by Gasteiger charge is 2.43. The number of nitrogens with zero attached hydrogens (tertiary/aromatic N) is 1. The molecular formula is C27H23N3O5. The zero-order valence-electron chi connectivity index (χ0n) is 18.8. The lowest BCUT2D eigenvalue weighted by atomic mass is 9.81. The molecule has 0 saturated carbocycles. The van der Waals surface area contributed by atoms with Gasteiger partial charge in [-0.1, -0.05) is 12.1 Å². The number of ketones is 1. The van der Waals surface area contributed by atoms with Crippen LogP contribution in [-0.4, -0.2) is 11.8 Å². The fraction of sp³-hybridized carbons (Fsp3) is 0.185. The zero-order chi connectivity index (χ0) is 23.8. The van der Waals surface area contributed by atoms with Crippen LogP contribution in [0.25, 0.3) is 0 Å². The van der Waals surface area contributed by atoms with Crippen LogP contribution < -0.4 is 15.5 Å². The highest BCUT2D eigenvalue weighted by Crippen LogP contribution is 2.47. The lowest BCUT2D eigenvalue weighted by Gasteiger charge is -2.33. The predicted octanol–water partition coefficient (Wildman–Crippen LogP) is 5.75. The number of carbonyl (C=O) groups excluding carboxylic acids is 2. The quantitative estimate of drug-likeness (QED) is 0.395. The van der Waals surface area contributed by atoms with E-state index in [0.717, 1.165) is 17.1 Å². The maximum absolute atomic E-state index is 13.7. The minimum Gasteiger partial charge on any atom is -0.469 e. The number of benzene rings is 1. The second kappa shape index (κ2) is 8.72. The van der Waals surface area contributed by atoms with E-state index in [-0.39, 0.29) is 30.7 Å². The summed E-state index contributed by atoms with van der Waals surface area (Å²) in [5.41, 5.74) is 2.66. The van der Waals surface area contributed by atoms with Gasteiger partial charge in [-0.05, 0) is 55.0 Å². The SMILES string of the molecule is O=C1C[C@H](c2ccco2)CC2=C1[C@@H](c1ccco1)N(C(=O)NCc1ccco1)c1ccccc1N2. The lowest BCUT2D eigenvalue weighted by Crippen LogP contribution is -2.44. The first kappa shape index (κ1) is 21.1. The van der Waals surface area contributed by atoms with Crippen LogP contribution in [-0.2, 0) is 11.3 Å².